The highest BCUT2D eigenvalue weighted by atomic mass is 32.2. The number of esters is 1. The van der Waals surface area contributed by atoms with Crippen molar-refractivity contribution >= 4 is 21.9 Å². The highest BCUT2D eigenvalue weighted by Gasteiger charge is 2.28. The van der Waals surface area contributed by atoms with E-state index < -0.39 is 21.9 Å². The number of carbonyl (C=O) groups excluding carboxylic acids is 2. The fraction of sp³-hybridized carbons (Fsp3) is 0.333. The molecule has 160 valence electrons. The van der Waals surface area contributed by atoms with Crippen LogP contribution in [0, 0.1) is 6.92 Å². The third-order valence-corrected chi connectivity index (χ3v) is 7.05. The molecule has 2 N–H and O–H groups in total. The van der Waals surface area contributed by atoms with Gasteiger partial charge in [-0.25, -0.2) is 13.2 Å². The van der Waals surface area contributed by atoms with Crippen LogP contribution < -0.4 is 15.2 Å². The summed E-state index contributed by atoms with van der Waals surface area (Å²) in [6, 6.07) is 8.64. The number of sulfonamides is 1. The Balaban J connectivity index is 1.93. The van der Waals surface area contributed by atoms with E-state index in [1.807, 2.05) is 0 Å². The van der Waals surface area contributed by atoms with Crippen LogP contribution >= 0.6 is 0 Å². The zero-order chi connectivity index (χ0) is 21.9. The van der Waals surface area contributed by atoms with E-state index in [4.69, 9.17) is 15.2 Å². The number of piperidine rings is 1. The average Bonchev–Trinajstić information content (AvgIpc) is 2.74. The van der Waals surface area contributed by atoms with Gasteiger partial charge in [0.05, 0.1) is 23.1 Å². The van der Waals surface area contributed by atoms with Crippen molar-refractivity contribution in [3.8, 4) is 11.5 Å². The zero-order valence-corrected chi connectivity index (χ0v) is 17.7. The molecule has 2 aromatic rings. The molecular weight excluding hydrogens is 408 g/mol. The second kappa shape index (κ2) is 8.85. The molecule has 2 aromatic carbocycles. The predicted octanol–water partition coefficient (Wildman–Crippen LogP) is 2.50. The molecule has 8 nitrogen and oxygen atoms in total. The Kier molecular flexibility index (Phi) is 6.42. The molecule has 0 bridgehead atoms. The standard InChI is InChI=1S/C21H24N2O6S/c1-14-6-7-15(12-19(14)30(26,27)23-10-4-3-5-11-23)21(25)29-18-13-16(28-2)8-9-17(18)20(22)24/h6-9,12-13H,3-5,10-11H2,1-2H3,(H2,22,24). The van der Waals surface area contributed by atoms with Crippen molar-refractivity contribution in [1.29, 1.82) is 0 Å². The number of nitrogens with two attached hydrogens (primary N) is 1. The molecular formula is C21H24N2O6S. The number of benzene rings is 2. The predicted molar refractivity (Wildman–Crippen MR) is 110 cm³/mol. The van der Waals surface area contributed by atoms with Gasteiger partial charge in [0.2, 0.25) is 10.0 Å². The number of hydrogen-bond donors (Lipinski definition) is 1. The fourth-order valence-corrected chi connectivity index (χ4v) is 5.09. The Bertz CT molecular complexity index is 1070. The summed E-state index contributed by atoms with van der Waals surface area (Å²) in [5.74, 6) is -1.26. The molecule has 0 unspecified atom stereocenters. The third-order valence-electron chi connectivity index (χ3n) is 5.01. The van der Waals surface area contributed by atoms with E-state index in [0.29, 0.717) is 24.4 Å². The van der Waals surface area contributed by atoms with Crippen molar-refractivity contribution in [3.05, 3.63) is 53.1 Å². The van der Waals surface area contributed by atoms with Crippen LogP contribution in [0.15, 0.2) is 41.3 Å². The van der Waals surface area contributed by atoms with Crippen molar-refractivity contribution in [2.75, 3.05) is 20.2 Å². The van der Waals surface area contributed by atoms with Gasteiger partial charge in [-0.3, -0.25) is 4.79 Å². The second-order valence-corrected chi connectivity index (χ2v) is 8.97. The number of ether oxygens (including phenoxy) is 2. The maximum atomic E-state index is 13.1. The summed E-state index contributed by atoms with van der Waals surface area (Å²) in [5, 5.41) is 0. The van der Waals surface area contributed by atoms with E-state index >= 15 is 0 Å². The number of aryl methyl sites for hydroxylation is 1. The van der Waals surface area contributed by atoms with Crippen molar-refractivity contribution in [1.82, 2.24) is 4.31 Å². The lowest BCUT2D eigenvalue weighted by atomic mass is 10.1. The van der Waals surface area contributed by atoms with E-state index in [-0.39, 0.29) is 21.8 Å². The Morgan fingerprint density at radius 1 is 1.03 bits per heavy atom. The highest BCUT2D eigenvalue weighted by Crippen LogP contribution is 2.27. The molecule has 1 aliphatic rings. The van der Waals surface area contributed by atoms with Gasteiger partial charge in [0.15, 0.2) is 0 Å². The molecule has 1 fully saturated rings. The van der Waals surface area contributed by atoms with Crippen LogP contribution in [0.25, 0.3) is 0 Å². The van der Waals surface area contributed by atoms with E-state index in [1.54, 1.807) is 13.0 Å². The first kappa shape index (κ1) is 21.8. The van der Waals surface area contributed by atoms with Crippen LogP contribution in [0.5, 0.6) is 11.5 Å². The molecule has 1 aliphatic heterocycles. The van der Waals surface area contributed by atoms with Gasteiger partial charge in [0.1, 0.15) is 11.5 Å². The molecule has 1 amide bonds. The minimum atomic E-state index is -3.72. The van der Waals surface area contributed by atoms with Crippen molar-refractivity contribution in [2.45, 2.75) is 31.1 Å². The summed E-state index contributed by atoms with van der Waals surface area (Å²) in [6.07, 6.45) is 2.62. The van der Waals surface area contributed by atoms with E-state index in [1.165, 1.54) is 41.7 Å². The number of hydrogen-bond acceptors (Lipinski definition) is 6. The number of methoxy groups -OCH3 is 1. The Morgan fingerprint density at radius 3 is 2.37 bits per heavy atom. The molecule has 0 saturated carbocycles. The van der Waals surface area contributed by atoms with E-state index in [2.05, 4.69) is 0 Å². The number of primary amides is 1. The second-order valence-electron chi connectivity index (χ2n) is 7.06. The van der Waals surface area contributed by atoms with Gasteiger partial charge >= 0.3 is 5.97 Å². The number of amides is 1. The molecule has 0 atom stereocenters. The maximum absolute atomic E-state index is 13.1. The minimum absolute atomic E-state index is 0.0115. The Labute approximate surface area is 175 Å². The molecule has 1 heterocycles. The van der Waals surface area contributed by atoms with Crippen LogP contribution in [-0.2, 0) is 10.0 Å². The summed E-state index contributed by atoms with van der Waals surface area (Å²) in [4.78, 5) is 24.5. The van der Waals surface area contributed by atoms with Crippen LogP contribution in [0.1, 0.15) is 45.5 Å². The highest BCUT2D eigenvalue weighted by molar-refractivity contribution is 7.89. The molecule has 0 spiro atoms. The van der Waals surface area contributed by atoms with E-state index in [9.17, 15) is 18.0 Å². The fourth-order valence-electron chi connectivity index (χ4n) is 3.33. The van der Waals surface area contributed by atoms with Crippen molar-refractivity contribution in [3.63, 3.8) is 0 Å². The van der Waals surface area contributed by atoms with Gasteiger partial charge in [-0.2, -0.15) is 4.31 Å². The average molecular weight is 432 g/mol. The first-order valence-electron chi connectivity index (χ1n) is 9.55. The quantitative estimate of drug-likeness (QED) is 0.554. The summed E-state index contributed by atoms with van der Waals surface area (Å²) in [6.45, 7) is 2.60. The lowest BCUT2D eigenvalue weighted by Crippen LogP contribution is -2.36. The van der Waals surface area contributed by atoms with Crippen molar-refractivity contribution in [2.24, 2.45) is 5.73 Å². The molecule has 0 aliphatic carbocycles. The lowest BCUT2D eigenvalue weighted by Gasteiger charge is -2.26. The van der Waals surface area contributed by atoms with Crippen LogP contribution in [0.2, 0.25) is 0 Å². The normalized spacial score (nSPS) is 14.9. The van der Waals surface area contributed by atoms with Gasteiger partial charge < -0.3 is 15.2 Å². The van der Waals surface area contributed by atoms with Crippen molar-refractivity contribution < 1.29 is 27.5 Å². The maximum Gasteiger partial charge on any atom is 0.343 e. The van der Waals surface area contributed by atoms with Crippen LogP contribution in [-0.4, -0.2) is 44.8 Å². The number of rotatable bonds is 6. The first-order valence-corrected chi connectivity index (χ1v) is 11.0. The number of carbonyl (C=O) groups is 2. The van der Waals surface area contributed by atoms with Gasteiger partial charge in [-0.15, -0.1) is 0 Å². The topological polar surface area (TPSA) is 116 Å². The van der Waals surface area contributed by atoms with Crippen LogP contribution in [0.3, 0.4) is 0 Å². The smallest absolute Gasteiger partial charge is 0.343 e. The lowest BCUT2D eigenvalue weighted by molar-refractivity contribution is 0.0732. The SMILES string of the molecule is COc1ccc(C(N)=O)c(OC(=O)c2ccc(C)c(S(=O)(=O)N3CCCCC3)c2)c1. The minimum Gasteiger partial charge on any atom is -0.497 e. The van der Waals surface area contributed by atoms with E-state index in [0.717, 1.165) is 19.3 Å². The van der Waals surface area contributed by atoms with Gasteiger partial charge in [0, 0.05) is 19.2 Å². The first-order chi connectivity index (χ1) is 14.2. The summed E-state index contributed by atoms with van der Waals surface area (Å²) < 4.78 is 38.0. The third kappa shape index (κ3) is 4.47. The van der Waals surface area contributed by atoms with Gasteiger partial charge in [0.25, 0.3) is 5.91 Å². The monoisotopic (exact) mass is 432 g/mol. The molecule has 1 saturated heterocycles. The summed E-state index contributed by atoms with van der Waals surface area (Å²) >= 11 is 0. The Hall–Kier alpha value is -2.91. The molecule has 9 heteroatoms. The molecule has 0 radical (unpaired) electrons. The molecule has 0 aromatic heterocycles. The largest absolute Gasteiger partial charge is 0.497 e. The summed E-state index contributed by atoms with van der Waals surface area (Å²) in [5.41, 5.74) is 5.95. The zero-order valence-electron chi connectivity index (χ0n) is 16.9. The molecule has 30 heavy (non-hydrogen) atoms. The van der Waals surface area contributed by atoms with Crippen LogP contribution in [0.4, 0.5) is 0 Å². The summed E-state index contributed by atoms with van der Waals surface area (Å²) in [7, 11) is -2.29. The molecule has 3 rings (SSSR count). The van der Waals surface area contributed by atoms with Gasteiger partial charge in [-0.05, 0) is 49.6 Å². The van der Waals surface area contributed by atoms with Gasteiger partial charge in [-0.1, -0.05) is 12.5 Å². The number of nitrogens with zero attached hydrogens (tertiary/aromatic N) is 1. The Morgan fingerprint density at radius 2 is 1.73 bits per heavy atom.